The van der Waals surface area contributed by atoms with E-state index in [1.165, 1.54) is 18.3 Å². The Kier molecular flexibility index (Phi) is 4.10. The molecular formula is C12H13N3O3S. The number of benzene rings is 1. The fourth-order valence-corrected chi connectivity index (χ4v) is 2.30. The lowest BCUT2D eigenvalue weighted by molar-refractivity contribution is -0.793. The van der Waals surface area contributed by atoms with Gasteiger partial charge in [0, 0.05) is 6.08 Å². The van der Waals surface area contributed by atoms with E-state index in [9.17, 15) is 13.6 Å². The van der Waals surface area contributed by atoms with Gasteiger partial charge in [0.2, 0.25) is 0 Å². The van der Waals surface area contributed by atoms with E-state index in [1.807, 2.05) is 0 Å². The van der Waals surface area contributed by atoms with E-state index in [0.717, 1.165) is 0 Å². The first kappa shape index (κ1) is 13.5. The monoisotopic (exact) mass is 279 g/mol. The van der Waals surface area contributed by atoms with Crippen LogP contribution >= 0.6 is 0 Å². The van der Waals surface area contributed by atoms with Crippen molar-refractivity contribution in [2.75, 3.05) is 6.54 Å². The molecule has 0 bridgehead atoms. The van der Waals surface area contributed by atoms with E-state index >= 15 is 0 Å². The number of nitrogens with zero attached hydrogens (tertiary/aromatic N) is 1. The van der Waals surface area contributed by atoms with Crippen LogP contribution in [0.25, 0.3) is 0 Å². The highest BCUT2D eigenvalue weighted by Crippen LogP contribution is 2.06. The number of hydroxylamine groups is 2. The lowest BCUT2D eigenvalue weighted by Crippen LogP contribution is -3.05. The number of nitrogens with one attached hydrogen (secondary N) is 2. The number of hydrazone groups is 1. The Balaban J connectivity index is 2.06. The number of quaternary nitrogens is 1. The third kappa shape index (κ3) is 3.50. The van der Waals surface area contributed by atoms with Gasteiger partial charge in [0.15, 0.2) is 5.70 Å². The molecule has 0 spiro atoms. The van der Waals surface area contributed by atoms with E-state index < -0.39 is 10.0 Å². The van der Waals surface area contributed by atoms with Crippen LogP contribution in [0, 0.1) is 5.21 Å². The maximum Gasteiger partial charge on any atom is 0.276 e. The summed E-state index contributed by atoms with van der Waals surface area (Å²) < 4.78 is 23.6. The number of sulfonamides is 1. The van der Waals surface area contributed by atoms with Gasteiger partial charge in [-0.3, -0.25) is 0 Å². The molecule has 0 saturated carbocycles. The van der Waals surface area contributed by atoms with E-state index in [-0.39, 0.29) is 9.96 Å². The lowest BCUT2D eigenvalue weighted by atomic mass is 10.3. The molecule has 19 heavy (non-hydrogen) atoms. The predicted molar refractivity (Wildman–Crippen MR) is 71.7 cm³/mol. The van der Waals surface area contributed by atoms with Crippen molar-refractivity contribution < 1.29 is 13.5 Å². The van der Waals surface area contributed by atoms with Crippen molar-refractivity contribution in [1.82, 2.24) is 4.83 Å². The third-order valence-corrected chi connectivity index (χ3v) is 3.71. The van der Waals surface area contributed by atoms with Gasteiger partial charge in [0.1, 0.15) is 12.8 Å². The van der Waals surface area contributed by atoms with Crippen LogP contribution in [0.1, 0.15) is 0 Å². The molecular weight excluding hydrogens is 266 g/mol. The van der Waals surface area contributed by atoms with Gasteiger partial charge in [0.05, 0.1) is 4.90 Å². The van der Waals surface area contributed by atoms with Gasteiger partial charge in [-0.1, -0.05) is 24.3 Å². The molecule has 1 aliphatic heterocycles. The average Bonchev–Trinajstić information content (AvgIpc) is 2.42. The second-order valence-electron chi connectivity index (χ2n) is 3.84. The molecule has 0 amide bonds. The summed E-state index contributed by atoms with van der Waals surface area (Å²) in [6, 6.07) is 7.89. The minimum Gasteiger partial charge on any atom is -0.629 e. The first-order valence-electron chi connectivity index (χ1n) is 5.59. The fourth-order valence-electron chi connectivity index (χ4n) is 1.49. The van der Waals surface area contributed by atoms with E-state index in [2.05, 4.69) is 9.93 Å². The normalized spacial score (nSPS) is 19.4. The van der Waals surface area contributed by atoms with Crippen LogP contribution in [0.2, 0.25) is 0 Å². The average molecular weight is 279 g/mol. The van der Waals surface area contributed by atoms with Crippen molar-refractivity contribution in [3.05, 3.63) is 59.5 Å². The van der Waals surface area contributed by atoms with Crippen LogP contribution in [0.15, 0.2) is 64.3 Å². The number of rotatable bonds is 4. The van der Waals surface area contributed by atoms with Crippen molar-refractivity contribution >= 4 is 16.2 Å². The molecule has 0 aliphatic carbocycles. The molecule has 1 aromatic carbocycles. The zero-order valence-corrected chi connectivity index (χ0v) is 10.8. The van der Waals surface area contributed by atoms with Crippen LogP contribution in [0.3, 0.4) is 0 Å². The maximum absolute atomic E-state index is 11.8. The summed E-state index contributed by atoms with van der Waals surface area (Å²) in [5.41, 5.74) is 0.373. The highest BCUT2D eigenvalue weighted by Gasteiger charge is 2.12. The highest BCUT2D eigenvalue weighted by atomic mass is 32.2. The predicted octanol–water partition coefficient (Wildman–Crippen LogP) is -0.213. The van der Waals surface area contributed by atoms with Gasteiger partial charge in [-0.25, -0.2) is 0 Å². The molecule has 1 heterocycles. The van der Waals surface area contributed by atoms with Crippen molar-refractivity contribution in [2.45, 2.75) is 4.90 Å². The summed E-state index contributed by atoms with van der Waals surface area (Å²) in [4.78, 5) is 2.19. The largest absolute Gasteiger partial charge is 0.629 e. The molecule has 7 heteroatoms. The molecule has 2 N–H and O–H groups in total. The van der Waals surface area contributed by atoms with Crippen LogP contribution in [-0.4, -0.2) is 21.2 Å². The van der Waals surface area contributed by atoms with Crippen molar-refractivity contribution in [1.29, 1.82) is 0 Å². The second kappa shape index (κ2) is 5.79. The summed E-state index contributed by atoms with van der Waals surface area (Å²) in [5.74, 6) is 0. The smallest absolute Gasteiger partial charge is 0.276 e. The lowest BCUT2D eigenvalue weighted by Gasteiger charge is -2.22. The fraction of sp³-hybridized carbons (Fsp3) is 0.0833. The highest BCUT2D eigenvalue weighted by molar-refractivity contribution is 7.89. The molecule has 6 nitrogen and oxygen atoms in total. The van der Waals surface area contributed by atoms with E-state index in [4.69, 9.17) is 0 Å². The summed E-state index contributed by atoms with van der Waals surface area (Å²) in [5, 5.41) is 14.9. The Morgan fingerprint density at radius 3 is 2.74 bits per heavy atom. The molecule has 2 rings (SSSR count). The Morgan fingerprint density at radius 1 is 1.32 bits per heavy atom. The van der Waals surface area contributed by atoms with Gasteiger partial charge in [0.25, 0.3) is 10.0 Å². The molecule has 1 aliphatic rings. The van der Waals surface area contributed by atoms with Gasteiger partial charge in [-0.05, 0) is 18.2 Å². The maximum atomic E-state index is 11.8. The topological polar surface area (TPSA) is 86.0 Å². The number of allylic oxidation sites excluding steroid dienone is 3. The van der Waals surface area contributed by atoms with Crippen LogP contribution < -0.4 is 9.89 Å². The molecule has 1 aromatic rings. The first-order chi connectivity index (χ1) is 9.09. The van der Waals surface area contributed by atoms with E-state index in [1.54, 1.807) is 36.4 Å². The molecule has 100 valence electrons. The zero-order valence-electron chi connectivity index (χ0n) is 9.98. The van der Waals surface area contributed by atoms with Crippen LogP contribution in [0.5, 0.6) is 0 Å². The molecule has 1 unspecified atom stereocenters. The minimum atomic E-state index is -3.68. The SMILES string of the molecule is O=S(=O)(NN=CC1=CC=CC[NH+]1[O-])c1ccccc1. The van der Waals surface area contributed by atoms with Gasteiger partial charge < -0.3 is 10.3 Å². The van der Waals surface area contributed by atoms with Crippen LogP contribution in [0.4, 0.5) is 0 Å². The number of hydrogen-bond acceptors (Lipinski definition) is 4. The zero-order chi connectivity index (χ0) is 13.7. The third-order valence-electron chi connectivity index (χ3n) is 2.47. The molecule has 0 fully saturated rings. The quantitative estimate of drug-likeness (QED) is 0.454. The standard InChI is InChI=1S/C12H13N3O3S/c16-15-9-5-4-6-11(15)10-13-14-19(17,18)12-7-2-1-3-8-12/h1-8,10,14-15H,9H2. The van der Waals surface area contributed by atoms with Crippen molar-refractivity contribution in [3.63, 3.8) is 0 Å². The van der Waals surface area contributed by atoms with Gasteiger partial charge >= 0.3 is 0 Å². The molecule has 0 radical (unpaired) electrons. The Hall–Kier alpha value is -1.96. The Labute approximate surface area is 111 Å². The Morgan fingerprint density at radius 2 is 2.05 bits per heavy atom. The van der Waals surface area contributed by atoms with Crippen molar-refractivity contribution in [3.8, 4) is 0 Å². The first-order valence-corrected chi connectivity index (χ1v) is 7.08. The molecule has 0 saturated heterocycles. The summed E-state index contributed by atoms with van der Waals surface area (Å²) >= 11 is 0. The minimum absolute atomic E-state index is 0.0924. The van der Waals surface area contributed by atoms with Gasteiger partial charge in [-0.15, -0.1) is 0 Å². The Bertz CT molecular complexity index is 621. The summed E-state index contributed by atoms with van der Waals surface area (Å²) in [7, 11) is -3.68. The second-order valence-corrected chi connectivity index (χ2v) is 5.50. The van der Waals surface area contributed by atoms with Gasteiger partial charge in [-0.2, -0.15) is 18.4 Å². The summed E-state index contributed by atoms with van der Waals surface area (Å²) in [6.07, 6.45) is 6.26. The van der Waals surface area contributed by atoms with E-state index in [0.29, 0.717) is 12.2 Å². The summed E-state index contributed by atoms with van der Waals surface area (Å²) in [6.45, 7) is 0.309. The molecule has 1 atom stereocenters. The van der Waals surface area contributed by atoms with Crippen molar-refractivity contribution in [2.24, 2.45) is 5.10 Å². The van der Waals surface area contributed by atoms with Crippen LogP contribution in [-0.2, 0) is 10.0 Å². The molecule has 0 aromatic heterocycles. The number of hydrogen-bond donors (Lipinski definition) is 2.